The van der Waals surface area contributed by atoms with Crippen molar-refractivity contribution in [3.05, 3.63) is 48.6 Å². The summed E-state index contributed by atoms with van der Waals surface area (Å²) in [4.78, 5) is 15.0. The van der Waals surface area contributed by atoms with Gasteiger partial charge in [-0.15, -0.1) is 6.58 Å². The first-order chi connectivity index (χ1) is 13.3. The van der Waals surface area contributed by atoms with Gasteiger partial charge >= 0.3 is 6.09 Å². The van der Waals surface area contributed by atoms with Crippen LogP contribution in [-0.2, 0) is 14.8 Å². The number of nitrogens with zero attached hydrogens (tertiary/aromatic N) is 1. The summed E-state index contributed by atoms with van der Waals surface area (Å²) in [7, 11) is -1.97. The number of carbonyl (C=O) groups excluding carboxylic acids is 1. The van der Waals surface area contributed by atoms with Gasteiger partial charge < -0.3 is 14.1 Å². The van der Waals surface area contributed by atoms with Crippen LogP contribution in [0.1, 0.15) is 59.9 Å². The van der Waals surface area contributed by atoms with E-state index in [2.05, 4.69) is 61.2 Å². The number of rotatable bonds is 7. The average Bonchev–Trinajstić information content (AvgIpc) is 2.60. The number of hydrogen-bond acceptors (Lipinski definition) is 3. The fourth-order valence-electron chi connectivity index (χ4n) is 3.73. The van der Waals surface area contributed by atoms with Gasteiger partial charge in [-0.3, -0.25) is 0 Å². The molecule has 4 nitrogen and oxygen atoms in total. The fraction of sp³-hybridized carbons (Fsp3) is 0.625. The van der Waals surface area contributed by atoms with Crippen molar-refractivity contribution in [2.24, 2.45) is 0 Å². The lowest BCUT2D eigenvalue weighted by atomic mass is 9.85. The van der Waals surface area contributed by atoms with Crippen molar-refractivity contribution in [1.29, 1.82) is 0 Å². The molecule has 0 saturated carbocycles. The van der Waals surface area contributed by atoms with Crippen molar-refractivity contribution in [1.82, 2.24) is 4.90 Å². The second kappa shape index (κ2) is 8.27. The molecule has 0 bridgehead atoms. The average molecular weight is 418 g/mol. The summed E-state index contributed by atoms with van der Waals surface area (Å²) in [6, 6.07) is 9.91. The highest BCUT2D eigenvalue weighted by atomic mass is 28.4. The highest BCUT2D eigenvalue weighted by molar-refractivity contribution is 6.74. The van der Waals surface area contributed by atoms with Crippen LogP contribution in [0.3, 0.4) is 0 Å². The Kier molecular flexibility index (Phi) is 6.75. The number of amides is 1. The van der Waals surface area contributed by atoms with Gasteiger partial charge in [-0.1, -0.05) is 57.2 Å². The van der Waals surface area contributed by atoms with Crippen LogP contribution < -0.4 is 0 Å². The van der Waals surface area contributed by atoms with Gasteiger partial charge in [0.15, 0.2) is 8.32 Å². The number of carbonyl (C=O) groups is 1. The fourth-order valence-corrected chi connectivity index (χ4v) is 5.52. The Labute approximate surface area is 178 Å². The zero-order valence-corrected chi connectivity index (χ0v) is 20.5. The lowest BCUT2D eigenvalue weighted by molar-refractivity contribution is -0.0816. The molecule has 1 amide bonds. The lowest BCUT2D eigenvalue weighted by Gasteiger charge is -2.50. The zero-order chi connectivity index (χ0) is 22.1. The molecule has 29 heavy (non-hydrogen) atoms. The molecule has 0 aromatic heterocycles. The third kappa shape index (κ3) is 4.94. The van der Waals surface area contributed by atoms with E-state index < -0.39 is 19.5 Å². The van der Waals surface area contributed by atoms with Crippen molar-refractivity contribution in [3.63, 3.8) is 0 Å². The molecular formula is C24H39NO3Si. The maximum atomic E-state index is 13.1. The summed E-state index contributed by atoms with van der Waals surface area (Å²) in [5.41, 5.74) is -0.0779. The molecule has 162 valence electrons. The minimum Gasteiger partial charge on any atom is -0.437 e. The van der Waals surface area contributed by atoms with Crippen LogP contribution in [0, 0.1) is 0 Å². The van der Waals surface area contributed by atoms with Crippen LogP contribution in [-0.4, -0.2) is 37.5 Å². The van der Waals surface area contributed by atoms with Gasteiger partial charge in [0.2, 0.25) is 0 Å². The van der Waals surface area contributed by atoms with Gasteiger partial charge in [0.1, 0.15) is 5.60 Å². The highest BCUT2D eigenvalue weighted by Gasteiger charge is 2.48. The van der Waals surface area contributed by atoms with Crippen molar-refractivity contribution in [3.8, 4) is 0 Å². The summed E-state index contributed by atoms with van der Waals surface area (Å²) in [6.45, 7) is 22.0. The van der Waals surface area contributed by atoms with E-state index >= 15 is 0 Å². The molecule has 2 rings (SSSR count). The number of cyclic esters (lactones) is 1. The molecule has 0 aliphatic carbocycles. The van der Waals surface area contributed by atoms with E-state index in [1.165, 1.54) is 0 Å². The number of ether oxygens (including phenoxy) is 1. The van der Waals surface area contributed by atoms with Crippen LogP contribution in [0.4, 0.5) is 4.79 Å². The maximum absolute atomic E-state index is 13.1. The molecule has 2 unspecified atom stereocenters. The van der Waals surface area contributed by atoms with Gasteiger partial charge in [0, 0.05) is 19.4 Å². The quantitative estimate of drug-likeness (QED) is 0.376. The van der Waals surface area contributed by atoms with Gasteiger partial charge in [0.05, 0.1) is 11.6 Å². The second-order valence-corrected chi connectivity index (χ2v) is 15.0. The van der Waals surface area contributed by atoms with Crippen LogP contribution in [0.5, 0.6) is 0 Å². The monoisotopic (exact) mass is 417 g/mol. The van der Waals surface area contributed by atoms with Gasteiger partial charge in [-0.2, -0.15) is 0 Å². The first-order valence-corrected chi connectivity index (χ1v) is 13.5. The lowest BCUT2D eigenvalue weighted by Crippen LogP contribution is -2.60. The van der Waals surface area contributed by atoms with E-state index in [1.54, 1.807) is 0 Å². The highest BCUT2D eigenvalue weighted by Crippen LogP contribution is 2.42. The predicted molar refractivity (Wildman–Crippen MR) is 123 cm³/mol. The Bertz CT molecular complexity index is 723. The van der Waals surface area contributed by atoms with Crippen molar-refractivity contribution in [2.75, 3.05) is 6.54 Å². The van der Waals surface area contributed by atoms with Crippen molar-refractivity contribution in [2.45, 2.75) is 89.8 Å². The molecule has 1 aliphatic heterocycles. The van der Waals surface area contributed by atoms with E-state index in [-0.39, 0.29) is 17.2 Å². The Morgan fingerprint density at radius 1 is 1.24 bits per heavy atom. The molecule has 1 aromatic carbocycles. The standard InChI is InChI=1S/C24H39NO3Si/c1-10-16-24(20-14-12-11-13-15-20)17-18-25(21(26)27-24)19(2)23(6,7)28-29(8,9)22(3,4)5/h10-15,19H,1,16-18H2,2-9H3. The summed E-state index contributed by atoms with van der Waals surface area (Å²) in [5.74, 6) is 0. The molecule has 1 fully saturated rings. The van der Waals surface area contributed by atoms with Crippen molar-refractivity contribution < 1.29 is 14.0 Å². The van der Waals surface area contributed by atoms with E-state index in [1.807, 2.05) is 41.3 Å². The topological polar surface area (TPSA) is 38.8 Å². The minimum atomic E-state index is -1.97. The van der Waals surface area contributed by atoms with E-state index in [0.717, 1.165) is 12.0 Å². The number of benzene rings is 1. The van der Waals surface area contributed by atoms with Crippen LogP contribution in [0.2, 0.25) is 18.1 Å². The largest absolute Gasteiger partial charge is 0.437 e. The van der Waals surface area contributed by atoms with Crippen molar-refractivity contribution >= 4 is 14.4 Å². The Balaban J connectivity index is 2.21. The zero-order valence-electron chi connectivity index (χ0n) is 19.5. The maximum Gasteiger partial charge on any atom is 0.411 e. The molecule has 1 heterocycles. The summed E-state index contributed by atoms with van der Waals surface area (Å²) in [6.07, 6.45) is 2.90. The third-order valence-corrected chi connectivity index (χ3v) is 11.5. The van der Waals surface area contributed by atoms with E-state index in [9.17, 15) is 4.79 Å². The SMILES string of the molecule is C=CCC1(c2ccccc2)CCN(C(C)C(C)(C)O[Si](C)(C)C(C)(C)C)C(=O)O1. The van der Waals surface area contributed by atoms with Gasteiger partial charge in [0.25, 0.3) is 0 Å². The smallest absolute Gasteiger partial charge is 0.411 e. The first kappa shape index (κ1) is 23.7. The molecule has 0 N–H and O–H groups in total. The molecule has 1 saturated heterocycles. The Morgan fingerprint density at radius 2 is 1.83 bits per heavy atom. The summed E-state index contributed by atoms with van der Waals surface area (Å²) < 4.78 is 12.8. The molecule has 5 heteroatoms. The molecule has 1 aromatic rings. The van der Waals surface area contributed by atoms with Crippen LogP contribution in [0.25, 0.3) is 0 Å². The van der Waals surface area contributed by atoms with Crippen LogP contribution in [0.15, 0.2) is 43.0 Å². The van der Waals surface area contributed by atoms with E-state index in [4.69, 9.17) is 9.16 Å². The van der Waals surface area contributed by atoms with Gasteiger partial charge in [-0.05, 0) is 44.5 Å². The van der Waals surface area contributed by atoms with Crippen LogP contribution >= 0.6 is 0 Å². The Hall–Kier alpha value is -1.59. The summed E-state index contributed by atoms with van der Waals surface area (Å²) in [5, 5.41) is 0.110. The Morgan fingerprint density at radius 3 is 2.31 bits per heavy atom. The normalized spacial score (nSPS) is 22.2. The number of hydrogen-bond donors (Lipinski definition) is 0. The molecule has 2 atom stereocenters. The predicted octanol–water partition coefficient (Wildman–Crippen LogP) is 6.49. The molecule has 0 spiro atoms. The molecule has 1 aliphatic rings. The molecular weight excluding hydrogens is 378 g/mol. The summed E-state index contributed by atoms with van der Waals surface area (Å²) >= 11 is 0. The second-order valence-electron chi connectivity index (χ2n) is 10.3. The third-order valence-electron chi connectivity index (χ3n) is 6.85. The first-order valence-electron chi connectivity index (χ1n) is 10.6. The van der Waals surface area contributed by atoms with E-state index in [0.29, 0.717) is 13.0 Å². The minimum absolute atomic E-state index is 0.0957. The van der Waals surface area contributed by atoms with Gasteiger partial charge in [-0.25, -0.2) is 4.79 Å². The molecule has 0 radical (unpaired) electrons.